The van der Waals surface area contributed by atoms with Gasteiger partial charge in [-0.15, -0.1) is 0 Å². The molecule has 2 rings (SSSR count). The van der Waals surface area contributed by atoms with Gasteiger partial charge in [0.05, 0.1) is 11.8 Å². The maximum atomic E-state index is 12.0. The van der Waals surface area contributed by atoms with Gasteiger partial charge in [-0.1, -0.05) is 6.07 Å². The van der Waals surface area contributed by atoms with E-state index >= 15 is 0 Å². The van der Waals surface area contributed by atoms with Crippen LogP contribution in [0, 0.1) is 11.3 Å². The number of ether oxygens (including phenoxy) is 1. The van der Waals surface area contributed by atoms with Gasteiger partial charge in [-0.25, -0.2) is 0 Å². The molecule has 5 nitrogen and oxygen atoms in total. The Balaban J connectivity index is 2.34. The fourth-order valence-electron chi connectivity index (χ4n) is 2.11. The lowest BCUT2D eigenvalue weighted by molar-refractivity contribution is -0.125. The van der Waals surface area contributed by atoms with Crippen LogP contribution < -0.4 is 15.0 Å². The number of benzene rings is 1. The molecule has 0 aromatic heterocycles. The lowest BCUT2D eigenvalue weighted by Gasteiger charge is -2.31. The minimum absolute atomic E-state index is 0.0506. The van der Waals surface area contributed by atoms with Gasteiger partial charge in [-0.05, 0) is 44.6 Å². The molecule has 1 aromatic rings. The minimum Gasteiger partial charge on any atom is -0.479 e. The molecular weight excluding hydrogens is 242 g/mol. The number of anilines is 1. The summed E-state index contributed by atoms with van der Waals surface area (Å²) in [6, 6.07) is 7.81. The quantitative estimate of drug-likeness (QED) is 0.822. The standard InChI is InChI=1S/C14H17N3O2/c1-10-14(18)17(8-6-15)12-9-11(5-7-16-2)3-4-13(12)19-10/h3-4,9-10,16H,5,7-8H2,1-2H3. The highest BCUT2D eigenvalue weighted by molar-refractivity contribution is 6.00. The summed E-state index contributed by atoms with van der Waals surface area (Å²) in [6.07, 6.45) is 0.331. The van der Waals surface area contributed by atoms with E-state index in [0.717, 1.165) is 18.5 Å². The van der Waals surface area contributed by atoms with Gasteiger partial charge in [0.1, 0.15) is 12.3 Å². The Bertz CT molecular complexity index is 522. The molecule has 1 N–H and O–H groups in total. The molecule has 1 aliphatic rings. The van der Waals surface area contributed by atoms with Gasteiger partial charge in [-0.3, -0.25) is 9.69 Å². The molecule has 0 fully saturated rings. The topological polar surface area (TPSA) is 65.4 Å². The first-order chi connectivity index (χ1) is 9.17. The summed E-state index contributed by atoms with van der Waals surface area (Å²) in [5.41, 5.74) is 1.81. The molecule has 0 spiro atoms. The number of hydrogen-bond acceptors (Lipinski definition) is 4. The highest BCUT2D eigenvalue weighted by Gasteiger charge is 2.31. The Morgan fingerprint density at radius 1 is 1.53 bits per heavy atom. The molecular formula is C14H17N3O2. The van der Waals surface area contributed by atoms with Crippen molar-refractivity contribution < 1.29 is 9.53 Å². The maximum absolute atomic E-state index is 12.0. The van der Waals surface area contributed by atoms with Gasteiger partial charge in [-0.2, -0.15) is 5.26 Å². The van der Waals surface area contributed by atoms with Crippen molar-refractivity contribution in [2.45, 2.75) is 19.4 Å². The van der Waals surface area contributed by atoms with Crippen molar-refractivity contribution in [3.05, 3.63) is 23.8 Å². The number of likely N-dealkylation sites (N-methyl/N-ethyl adjacent to an activating group) is 1. The SMILES string of the molecule is CNCCc1ccc2c(c1)N(CC#N)C(=O)C(C)O2. The van der Waals surface area contributed by atoms with Crippen LogP contribution in [-0.4, -0.2) is 32.1 Å². The second-order valence-electron chi connectivity index (χ2n) is 4.50. The molecule has 1 aliphatic heterocycles. The number of nitrogens with one attached hydrogen (secondary N) is 1. The first-order valence-electron chi connectivity index (χ1n) is 6.30. The molecule has 1 unspecified atom stereocenters. The number of nitriles is 1. The molecule has 1 amide bonds. The molecule has 1 aromatic carbocycles. The first kappa shape index (κ1) is 13.4. The van der Waals surface area contributed by atoms with E-state index in [4.69, 9.17) is 10.00 Å². The monoisotopic (exact) mass is 259 g/mol. The van der Waals surface area contributed by atoms with Crippen molar-refractivity contribution in [1.29, 1.82) is 5.26 Å². The molecule has 0 saturated heterocycles. The number of hydrogen-bond donors (Lipinski definition) is 1. The Morgan fingerprint density at radius 3 is 3.00 bits per heavy atom. The highest BCUT2D eigenvalue weighted by Crippen LogP contribution is 2.34. The van der Waals surface area contributed by atoms with E-state index in [2.05, 4.69) is 5.32 Å². The molecule has 5 heteroatoms. The fourth-order valence-corrected chi connectivity index (χ4v) is 2.11. The van der Waals surface area contributed by atoms with Crippen molar-refractivity contribution >= 4 is 11.6 Å². The molecule has 0 radical (unpaired) electrons. The average Bonchev–Trinajstić information content (AvgIpc) is 2.42. The maximum Gasteiger partial charge on any atom is 0.268 e. The highest BCUT2D eigenvalue weighted by atomic mass is 16.5. The van der Waals surface area contributed by atoms with Crippen LogP contribution in [0.5, 0.6) is 5.75 Å². The Kier molecular flexibility index (Phi) is 4.03. The zero-order valence-corrected chi connectivity index (χ0v) is 11.1. The predicted octanol–water partition coefficient (Wildman–Crippen LogP) is 1.09. The van der Waals surface area contributed by atoms with Crippen molar-refractivity contribution in [3.8, 4) is 11.8 Å². The normalized spacial score (nSPS) is 17.6. The minimum atomic E-state index is -0.538. The summed E-state index contributed by atoms with van der Waals surface area (Å²) in [5, 5.41) is 11.9. The van der Waals surface area contributed by atoms with E-state index in [9.17, 15) is 4.79 Å². The van der Waals surface area contributed by atoms with Gasteiger partial charge >= 0.3 is 0 Å². The number of carbonyl (C=O) groups excluding carboxylic acids is 1. The van der Waals surface area contributed by atoms with Crippen LogP contribution in [0.1, 0.15) is 12.5 Å². The number of carbonyl (C=O) groups is 1. The lowest BCUT2D eigenvalue weighted by Crippen LogP contribution is -2.44. The third kappa shape index (κ3) is 2.69. The molecule has 0 saturated carbocycles. The zero-order chi connectivity index (χ0) is 13.8. The first-order valence-corrected chi connectivity index (χ1v) is 6.30. The Hall–Kier alpha value is -2.06. The smallest absolute Gasteiger partial charge is 0.268 e. The van der Waals surface area contributed by atoms with Gasteiger partial charge in [0.2, 0.25) is 0 Å². The molecule has 100 valence electrons. The van der Waals surface area contributed by atoms with Gasteiger partial charge < -0.3 is 10.1 Å². The van der Waals surface area contributed by atoms with Gasteiger partial charge in [0.25, 0.3) is 5.91 Å². The summed E-state index contributed by atoms with van der Waals surface area (Å²) < 4.78 is 5.56. The van der Waals surface area contributed by atoms with Crippen LogP contribution in [-0.2, 0) is 11.2 Å². The summed E-state index contributed by atoms with van der Waals surface area (Å²) in [5.74, 6) is 0.496. The third-order valence-electron chi connectivity index (χ3n) is 3.12. The Morgan fingerprint density at radius 2 is 2.32 bits per heavy atom. The van der Waals surface area contributed by atoms with Gasteiger partial charge in [0, 0.05) is 0 Å². The number of rotatable bonds is 4. The van der Waals surface area contributed by atoms with Crippen LogP contribution in [0.25, 0.3) is 0 Å². The predicted molar refractivity (Wildman–Crippen MR) is 72.1 cm³/mol. The Labute approximate surface area is 112 Å². The largest absolute Gasteiger partial charge is 0.479 e. The second kappa shape index (κ2) is 5.72. The van der Waals surface area contributed by atoms with E-state index in [1.165, 1.54) is 4.90 Å². The van der Waals surface area contributed by atoms with Crippen molar-refractivity contribution in [1.82, 2.24) is 5.32 Å². The summed E-state index contributed by atoms with van der Waals surface area (Å²) >= 11 is 0. The van der Waals surface area contributed by atoms with Crippen molar-refractivity contribution in [3.63, 3.8) is 0 Å². The summed E-state index contributed by atoms with van der Waals surface area (Å²) in [6.45, 7) is 2.61. The zero-order valence-electron chi connectivity index (χ0n) is 11.1. The van der Waals surface area contributed by atoms with Crippen LogP contribution in [0.2, 0.25) is 0 Å². The van der Waals surface area contributed by atoms with E-state index in [1.807, 2.05) is 31.3 Å². The molecule has 0 bridgehead atoms. The fraction of sp³-hybridized carbons (Fsp3) is 0.429. The summed E-state index contributed by atoms with van der Waals surface area (Å²) in [4.78, 5) is 13.5. The summed E-state index contributed by atoms with van der Waals surface area (Å²) in [7, 11) is 1.90. The average molecular weight is 259 g/mol. The van der Waals surface area contributed by atoms with E-state index in [0.29, 0.717) is 11.4 Å². The third-order valence-corrected chi connectivity index (χ3v) is 3.12. The van der Waals surface area contributed by atoms with E-state index in [-0.39, 0.29) is 12.5 Å². The van der Waals surface area contributed by atoms with E-state index in [1.54, 1.807) is 6.92 Å². The number of fused-ring (bicyclic) bond motifs is 1. The van der Waals surface area contributed by atoms with Crippen molar-refractivity contribution in [2.75, 3.05) is 25.0 Å². The molecule has 19 heavy (non-hydrogen) atoms. The number of amides is 1. The molecule has 1 heterocycles. The lowest BCUT2D eigenvalue weighted by atomic mass is 10.1. The van der Waals surface area contributed by atoms with Gasteiger partial charge in [0.15, 0.2) is 6.10 Å². The number of nitrogens with zero attached hydrogens (tertiary/aromatic N) is 2. The van der Waals surface area contributed by atoms with Crippen LogP contribution in [0.3, 0.4) is 0 Å². The van der Waals surface area contributed by atoms with Crippen LogP contribution in [0.4, 0.5) is 5.69 Å². The van der Waals surface area contributed by atoms with E-state index < -0.39 is 6.10 Å². The van der Waals surface area contributed by atoms with Crippen molar-refractivity contribution in [2.24, 2.45) is 0 Å². The molecule has 0 aliphatic carbocycles. The van der Waals surface area contributed by atoms with Crippen LogP contribution in [0.15, 0.2) is 18.2 Å². The molecule has 1 atom stereocenters. The van der Waals surface area contributed by atoms with Crippen LogP contribution >= 0.6 is 0 Å². The second-order valence-corrected chi connectivity index (χ2v) is 4.50.